The Balaban J connectivity index is 1.64. The average molecular weight is 345 g/mol. The van der Waals surface area contributed by atoms with Crippen LogP contribution < -0.4 is 15.8 Å². The molecule has 1 aromatic carbocycles. The maximum absolute atomic E-state index is 12.1. The molecule has 7 nitrogen and oxygen atoms in total. The van der Waals surface area contributed by atoms with Gasteiger partial charge in [-0.05, 0) is 54.3 Å². The molecule has 2 aromatic rings. The van der Waals surface area contributed by atoms with E-state index in [1.54, 1.807) is 12.1 Å². The minimum absolute atomic E-state index is 0.214. The molecule has 0 radical (unpaired) electrons. The summed E-state index contributed by atoms with van der Waals surface area (Å²) in [4.78, 5) is 35.2. The third-order valence-electron chi connectivity index (χ3n) is 3.73. The number of anilines is 1. The molecule has 0 atom stereocenters. The van der Waals surface area contributed by atoms with Crippen molar-refractivity contribution in [2.75, 3.05) is 11.9 Å². The first-order chi connectivity index (χ1) is 11.6. The smallest absolute Gasteiger partial charge is 0.262 e. The van der Waals surface area contributed by atoms with Crippen LogP contribution in [-0.2, 0) is 17.6 Å². The number of rotatable bonds is 6. The molecule has 1 aliphatic rings. The van der Waals surface area contributed by atoms with Gasteiger partial charge in [0.15, 0.2) is 6.61 Å². The first-order valence-electron chi connectivity index (χ1n) is 7.39. The van der Waals surface area contributed by atoms with Crippen LogP contribution in [0.5, 0.6) is 5.75 Å². The fourth-order valence-electron chi connectivity index (χ4n) is 2.67. The lowest BCUT2D eigenvalue weighted by molar-refractivity contribution is -0.118. The Morgan fingerprint density at radius 1 is 1.25 bits per heavy atom. The fourth-order valence-corrected chi connectivity index (χ4v) is 3.98. The van der Waals surface area contributed by atoms with Crippen LogP contribution in [-0.4, -0.2) is 18.4 Å². The van der Waals surface area contributed by atoms with E-state index < -0.39 is 5.91 Å². The Morgan fingerprint density at radius 2 is 2.00 bits per heavy atom. The molecule has 2 amide bonds. The summed E-state index contributed by atoms with van der Waals surface area (Å²) in [6.07, 6.45) is 2.72. The number of aryl methyl sites for hydroxylation is 1. The number of hydrogen-bond acceptors (Lipinski definition) is 6. The van der Waals surface area contributed by atoms with Crippen molar-refractivity contribution in [3.63, 3.8) is 0 Å². The lowest BCUT2D eigenvalue weighted by Gasteiger charge is -2.08. The highest BCUT2D eigenvalue weighted by atomic mass is 32.1. The molecule has 1 heterocycles. The van der Waals surface area contributed by atoms with Crippen LogP contribution in [0.3, 0.4) is 0 Å². The van der Waals surface area contributed by atoms with Gasteiger partial charge in [0, 0.05) is 4.88 Å². The monoisotopic (exact) mass is 345 g/mol. The van der Waals surface area contributed by atoms with E-state index >= 15 is 0 Å². The van der Waals surface area contributed by atoms with Crippen molar-refractivity contribution in [1.29, 1.82) is 0 Å². The van der Waals surface area contributed by atoms with Gasteiger partial charge in [0.2, 0.25) is 0 Å². The highest BCUT2D eigenvalue weighted by Crippen LogP contribution is 2.38. The van der Waals surface area contributed by atoms with Crippen molar-refractivity contribution in [3.05, 3.63) is 45.2 Å². The number of carbonyl (C=O) groups is 2. The minimum atomic E-state index is -0.525. The number of primary amides is 1. The van der Waals surface area contributed by atoms with E-state index in [2.05, 4.69) is 10.5 Å². The number of nitrogens with two attached hydrogens (primary N) is 1. The maximum atomic E-state index is 12.1. The highest BCUT2D eigenvalue weighted by Gasteiger charge is 2.26. The SMILES string of the molecule is NC(=O)c1c(NC(=O)COc2ccc(N=O)cc2)sc2c1CCC2. The van der Waals surface area contributed by atoms with Gasteiger partial charge in [-0.15, -0.1) is 16.2 Å². The first kappa shape index (κ1) is 16.1. The topological polar surface area (TPSA) is 111 Å². The van der Waals surface area contributed by atoms with Crippen LogP contribution in [0.15, 0.2) is 29.4 Å². The lowest BCUT2D eigenvalue weighted by atomic mass is 10.1. The normalized spacial score (nSPS) is 12.5. The number of thiophene rings is 1. The highest BCUT2D eigenvalue weighted by molar-refractivity contribution is 7.17. The molecule has 1 aliphatic carbocycles. The van der Waals surface area contributed by atoms with Crippen LogP contribution in [0.4, 0.5) is 10.7 Å². The van der Waals surface area contributed by atoms with Crippen molar-refractivity contribution in [1.82, 2.24) is 0 Å². The van der Waals surface area contributed by atoms with Crippen LogP contribution in [0.25, 0.3) is 0 Å². The molecule has 124 valence electrons. The number of amides is 2. The van der Waals surface area contributed by atoms with Crippen molar-refractivity contribution < 1.29 is 14.3 Å². The molecular formula is C16H15N3O4S. The summed E-state index contributed by atoms with van der Waals surface area (Å²) in [5.74, 6) is -0.459. The Labute approximate surface area is 141 Å². The van der Waals surface area contributed by atoms with Gasteiger partial charge < -0.3 is 15.8 Å². The van der Waals surface area contributed by atoms with Gasteiger partial charge in [-0.25, -0.2) is 0 Å². The number of ether oxygens (including phenoxy) is 1. The van der Waals surface area contributed by atoms with Crippen molar-refractivity contribution in [2.45, 2.75) is 19.3 Å². The second kappa shape index (κ2) is 6.79. The van der Waals surface area contributed by atoms with Crippen molar-refractivity contribution >= 4 is 33.8 Å². The number of fused-ring (bicyclic) bond motifs is 1. The summed E-state index contributed by atoms with van der Waals surface area (Å²) in [5, 5.41) is 5.97. The van der Waals surface area contributed by atoms with Gasteiger partial charge in [-0.1, -0.05) is 0 Å². The Bertz CT molecular complexity index is 798. The molecule has 1 aromatic heterocycles. The largest absolute Gasteiger partial charge is 0.484 e. The second-order valence-electron chi connectivity index (χ2n) is 5.35. The molecule has 3 N–H and O–H groups in total. The second-order valence-corrected chi connectivity index (χ2v) is 6.45. The average Bonchev–Trinajstić information content (AvgIpc) is 3.13. The van der Waals surface area contributed by atoms with E-state index in [0.29, 0.717) is 16.3 Å². The predicted molar refractivity (Wildman–Crippen MR) is 90.9 cm³/mol. The lowest BCUT2D eigenvalue weighted by Crippen LogP contribution is -2.22. The van der Waals surface area contributed by atoms with Crippen LogP contribution in [0.2, 0.25) is 0 Å². The molecule has 0 unspecified atom stereocenters. The van der Waals surface area contributed by atoms with Gasteiger partial charge in [-0.3, -0.25) is 9.59 Å². The summed E-state index contributed by atoms with van der Waals surface area (Å²) in [7, 11) is 0. The van der Waals surface area contributed by atoms with Crippen LogP contribution in [0, 0.1) is 4.91 Å². The summed E-state index contributed by atoms with van der Waals surface area (Å²) in [6.45, 7) is -0.214. The quantitative estimate of drug-likeness (QED) is 0.784. The van der Waals surface area contributed by atoms with Crippen LogP contribution in [0.1, 0.15) is 27.2 Å². The van der Waals surface area contributed by atoms with E-state index in [1.807, 2.05) is 0 Å². The van der Waals surface area contributed by atoms with E-state index in [0.717, 1.165) is 29.7 Å². The Morgan fingerprint density at radius 3 is 2.67 bits per heavy atom. The zero-order valence-corrected chi connectivity index (χ0v) is 13.5. The molecule has 24 heavy (non-hydrogen) atoms. The molecule has 0 fully saturated rings. The molecule has 8 heteroatoms. The number of nitroso groups, excluding NO2 is 1. The van der Waals surface area contributed by atoms with E-state index in [1.165, 1.54) is 23.5 Å². The minimum Gasteiger partial charge on any atom is -0.484 e. The first-order valence-corrected chi connectivity index (χ1v) is 8.20. The number of benzene rings is 1. The predicted octanol–water partition coefficient (Wildman–Crippen LogP) is 2.75. The third kappa shape index (κ3) is 3.28. The van der Waals surface area contributed by atoms with E-state index in [4.69, 9.17) is 10.5 Å². The number of nitrogens with one attached hydrogen (secondary N) is 1. The summed E-state index contributed by atoms with van der Waals surface area (Å²) in [6, 6.07) is 6.10. The number of carbonyl (C=O) groups excluding carboxylic acids is 2. The van der Waals surface area contributed by atoms with E-state index in [9.17, 15) is 14.5 Å². The van der Waals surface area contributed by atoms with Gasteiger partial charge in [0.25, 0.3) is 11.8 Å². The fraction of sp³-hybridized carbons (Fsp3) is 0.250. The van der Waals surface area contributed by atoms with E-state index in [-0.39, 0.29) is 18.2 Å². The van der Waals surface area contributed by atoms with Gasteiger partial charge in [0.05, 0.1) is 5.56 Å². The molecule has 0 saturated carbocycles. The maximum Gasteiger partial charge on any atom is 0.262 e. The zero-order chi connectivity index (χ0) is 17.1. The number of nitrogens with zero attached hydrogens (tertiary/aromatic N) is 1. The number of hydrogen-bond donors (Lipinski definition) is 2. The van der Waals surface area contributed by atoms with Crippen molar-refractivity contribution in [3.8, 4) is 5.75 Å². The molecule has 0 bridgehead atoms. The summed E-state index contributed by atoms with van der Waals surface area (Å²) < 4.78 is 5.35. The van der Waals surface area contributed by atoms with Gasteiger partial charge >= 0.3 is 0 Å². The summed E-state index contributed by atoms with van der Waals surface area (Å²) in [5.41, 5.74) is 7.11. The summed E-state index contributed by atoms with van der Waals surface area (Å²) >= 11 is 1.40. The molecule has 0 aliphatic heterocycles. The molecule has 0 saturated heterocycles. The van der Waals surface area contributed by atoms with Gasteiger partial charge in [0.1, 0.15) is 16.4 Å². The van der Waals surface area contributed by atoms with Crippen molar-refractivity contribution in [2.24, 2.45) is 10.9 Å². The molecule has 0 spiro atoms. The molecule has 3 rings (SSSR count). The Hall–Kier alpha value is -2.74. The van der Waals surface area contributed by atoms with Gasteiger partial charge in [-0.2, -0.15) is 0 Å². The molecular weight excluding hydrogens is 330 g/mol. The zero-order valence-electron chi connectivity index (χ0n) is 12.7. The standard InChI is InChI=1S/C16H15N3O4S/c17-15(21)14-11-2-1-3-12(11)24-16(14)18-13(20)8-23-10-6-4-9(19-22)5-7-10/h4-7H,1-3,8H2,(H2,17,21)(H,18,20). The van der Waals surface area contributed by atoms with Crippen LogP contribution >= 0.6 is 11.3 Å². The third-order valence-corrected chi connectivity index (χ3v) is 4.94. The Kier molecular flexibility index (Phi) is 4.57.